The molecule has 1 aromatic rings. The molecule has 1 amide bonds. The molecule has 0 aromatic carbocycles. The second kappa shape index (κ2) is 3.72. The van der Waals surface area contributed by atoms with Gasteiger partial charge in [-0.15, -0.1) is 0 Å². The lowest BCUT2D eigenvalue weighted by Gasteiger charge is -2.19. The molecule has 1 heterocycles. The van der Waals surface area contributed by atoms with E-state index in [0.717, 1.165) is 0 Å². The van der Waals surface area contributed by atoms with E-state index in [0.29, 0.717) is 5.89 Å². The Labute approximate surface area is 86.3 Å². The van der Waals surface area contributed by atoms with E-state index in [2.05, 4.69) is 10.3 Å². The van der Waals surface area contributed by atoms with Crippen molar-refractivity contribution >= 4 is 11.9 Å². The lowest BCUT2D eigenvalue weighted by Crippen LogP contribution is -2.49. The molecule has 0 unspecified atom stereocenters. The zero-order valence-electron chi connectivity index (χ0n) is 8.70. The highest BCUT2D eigenvalue weighted by Crippen LogP contribution is 2.07. The first kappa shape index (κ1) is 11.2. The Morgan fingerprint density at radius 3 is 2.53 bits per heavy atom. The van der Waals surface area contributed by atoms with Crippen molar-refractivity contribution in [3.8, 4) is 0 Å². The molecule has 0 aliphatic rings. The van der Waals surface area contributed by atoms with Crippen LogP contribution < -0.4 is 5.32 Å². The van der Waals surface area contributed by atoms with Gasteiger partial charge in [-0.3, -0.25) is 4.79 Å². The van der Waals surface area contributed by atoms with Crippen molar-refractivity contribution in [3.63, 3.8) is 0 Å². The molecule has 0 aliphatic carbocycles. The third-order valence-electron chi connectivity index (χ3n) is 1.81. The van der Waals surface area contributed by atoms with Gasteiger partial charge >= 0.3 is 5.97 Å². The van der Waals surface area contributed by atoms with Crippen LogP contribution in [0, 0.1) is 6.92 Å². The van der Waals surface area contributed by atoms with Gasteiger partial charge < -0.3 is 14.8 Å². The summed E-state index contributed by atoms with van der Waals surface area (Å²) in [5.41, 5.74) is -1.34. The largest absolute Gasteiger partial charge is 0.480 e. The summed E-state index contributed by atoms with van der Waals surface area (Å²) in [4.78, 5) is 25.9. The van der Waals surface area contributed by atoms with Crippen LogP contribution in [0.4, 0.5) is 0 Å². The van der Waals surface area contributed by atoms with Gasteiger partial charge in [0.1, 0.15) is 5.54 Å². The average Bonchev–Trinajstić information content (AvgIpc) is 2.50. The van der Waals surface area contributed by atoms with Crippen LogP contribution in [0.25, 0.3) is 0 Å². The summed E-state index contributed by atoms with van der Waals surface area (Å²) in [6.07, 6.45) is 1.25. The number of oxazole rings is 1. The average molecular weight is 212 g/mol. The van der Waals surface area contributed by atoms with E-state index in [-0.39, 0.29) is 5.76 Å². The lowest BCUT2D eigenvalue weighted by molar-refractivity contribution is -0.143. The minimum Gasteiger partial charge on any atom is -0.480 e. The Balaban J connectivity index is 2.76. The molecule has 0 fully saturated rings. The molecule has 82 valence electrons. The van der Waals surface area contributed by atoms with Crippen molar-refractivity contribution in [3.05, 3.63) is 17.8 Å². The Kier molecular flexibility index (Phi) is 2.78. The van der Waals surface area contributed by atoms with Crippen molar-refractivity contribution in [2.45, 2.75) is 26.3 Å². The normalized spacial score (nSPS) is 11.1. The van der Waals surface area contributed by atoms with Crippen LogP contribution >= 0.6 is 0 Å². The lowest BCUT2D eigenvalue weighted by atomic mass is 10.1. The van der Waals surface area contributed by atoms with Gasteiger partial charge in [-0.25, -0.2) is 9.78 Å². The van der Waals surface area contributed by atoms with Crippen molar-refractivity contribution in [1.82, 2.24) is 10.3 Å². The van der Waals surface area contributed by atoms with E-state index in [9.17, 15) is 9.59 Å². The third-order valence-corrected chi connectivity index (χ3v) is 1.81. The van der Waals surface area contributed by atoms with Crippen LogP contribution in [0.5, 0.6) is 0 Å². The van der Waals surface area contributed by atoms with Crippen molar-refractivity contribution in [2.24, 2.45) is 0 Å². The first-order chi connectivity index (χ1) is 6.83. The van der Waals surface area contributed by atoms with Gasteiger partial charge in [0.2, 0.25) is 5.76 Å². The first-order valence-electron chi connectivity index (χ1n) is 4.31. The zero-order chi connectivity index (χ0) is 11.6. The monoisotopic (exact) mass is 212 g/mol. The molecule has 0 aliphatic heterocycles. The summed E-state index contributed by atoms with van der Waals surface area (Å²) in [6, 6.07) is 0. The predicted molar refractivity (Wildman–Crippen MR) is 50.4 cm³/mol. The van der Waals surface area contributed by atoms with Gasteiger partial charge in [0, 0.05) is 6.92 Å². The molecule has 0 saturated heterocycles. The second-order valence-corrected chi connectivity index (χ2v) is 3.63. The number of nitrogens with one attached hydrogen (secondary N) is 1. The molecular weight excluding hydrogens is 200 g/mol. The summed E-state index contributed by atoms with van der Waals surface area (Å²) in [5.74, 6) is -1.36. The van der Waals surface area contributed by atoms with Crippen LogP contribution in [0.2, 0.25) is 0 Å². The number of rotatable bonds is 3. The molecule has 0 bridgehead atoms. The molecule has 15 heavy (non-hydrogen) atoms. The molecule has 2 N–H and O–H groups in total. The van der Waals surface area contributed by atoms with Crippen molar-refractivity contribution < 1.29 is 19.1 Å². The van der Waals surface area contributed by atoms with E-state index in [4.69, 9.17) is 9.52 Å². The summed E-state index contributed by atoms with van der Waals surface area (Å²) in [7, 11) is 0. The standard InChI is InChI=1S/C9H12N2O4/c1-5-10-4-6(15-5)7(12)11-9(2,3)8(13)14/h4H,1-3H3,(H,11,12)(H,13,14). The van der Waals surface area contributed by atoms with E-state index >= 15 is 0 Å². The van der Waals surface area contributed by atoms with Crippen LogP contribution in [-0.4, -0.2) is 27.5 Å². The van der Waals surface area contributed by atoms with Crippen LogP contribution in [0.15, 0.2) is 10.6 Å². The van der Waals surface area contributed by atoms with E-state index in [1.807, 2.05) is 0 Å². The number of carbonyl (C=O) groups is 2. The number of hydrogen-bond donors (Lipinski definition) is 2. The SMILES string of the molecule is Cc1ncc(C(=O)NC(C)(C)C(=O)O)o1. The molecule has 0 saturated carbocycles. The number of aromatic nitrogens is 1. The van der Waals surface area contributed by atoms with Gasteiger partial charge in [-0.2, -0.15) is 0 Å². The highest BCUT2D eigenvalue weighted by atomic mass is 16.4. The zero-order valence-corrected chi connectivity index (χ0v) is 8.70. The van der Waals surface area contributed by atoms with E-state index in [1.54, 1.807) is 6.92 Å². The second-order valence-electron chi connectivity index (χ2n) is 3.63. The summed E-state index contributed by atoms with van der Waals surface area (Å²) in [6.45, 7) is 4.37. The first-order valence-corrected chi connectivity index (χ1v) is 4.31. The Bertz CT molecular complexity index is 395. The smallest absolute Gasteiger partial charge is 0.328 e. The molecule has 0 spiro atoms. The summed E-state index contributed by atoms with van der Waals surface area (Å²) < 4.78 is 4.95. The van der Waals surface area contributed by atoms with Gasteiger partial charge in [0.25, 0.3) is 5.91 Å². The van der Waals surface area contributed by atoms with Gasteiger partial charge in [-0.1, -0.05) is 0 Å². The van der Waals surface area contributed by atoms with Crippen molar-refractivity contribution in [1.29, 1.82) is 0 Å². The molecule has 1 aromatic heterocycles. The number of aliphatic carboxylic acids is 1. The van der Waals surface area contributed by atoms with Crippen molar-refractivity contribution in [2.75, 3.05) is 0 Å². The maximum atomic E-state index is 11.5. The van der Waals surface area contributed by atoms with Crippen LogP contribution in [0.3, 0.4) is 0 Å². The highest BCUT2D eigenvalue weighted by molar-refractivity contribution is 5.95. The van der Waals surface area contributed by atoms with Gasteiger partial charge in [-0.05, 0) is 13.8 Å². The number of hydrogen-bond acceptors (Lipinski definition) is 4. The fourth-order valence-electron chi connectivity index (χ4n) is 0.865. The minimum atomic E-state index is -1.34. The van der Waals surface area contributed by atoms with E-state index < -0.39 is 17.4 Å². The number of nitrogens with zero attached hydrogens (tertiary/aromatic N) is 1. The number of carbonyl (C=O) groups excluding carboxylic acids is 1. The molecule has 0 atom stereocenters. The van der Waals surface area contributed by atoms with Crippen LogP contribution in [-0.2, 0) is 4.79 Å². The topological polar surface area (TPSA) is 92.4 Å². The maximum absolute atomic E-state index is 11.5. The number of aryl methyl sites for hydroxylation is 1. The Morgan fingerprint density at radius 1 is 1.53 bits per heavy atom. The Morgan fingerprint density at radius 2 is 2.13 bits per heavy atom. The molecule has 1 rings (SSSR count). The van der Waals surface area contributed by atoms with Gasteiger partial charge in [0.05, 0.1) is 6.20 Å². The third kappa shape index (κ3) is 2.55. The summed E-state index contributed by atoms with van der Waals surface area (Å²) in [5, 5.41) is 11.1. The quantitative estimate of drug-likeness (QED) is 0.764. The fraction of sp³-hybridized carbons (Fsp3) is 0.444. The Hall–Kier alpha value is -1.85. The number of amides is 1. The molecule has 6 nitrogen and oxygen atoms in total. The molecule has 0 radical (unpaired) electrons. The number of carboxylic acid groups (broad SMARTS) is 1. The minimum absolute atomic E-state index is 0.00169. The predicted octanol–water partition coefficient (Wildman–Crippen LogP) is 0.576. The van der Waals surface area contributed by atoms with Crippen LogP contribution in [0.1, 0.15) is 30.3 Å². The van der Waals surface area contributed by atoms with E-state index in [1.165, 1.54) is 20.0 Å². The molecular formula is C9H12N2O4. The molecule has 6 heteroatoms. The number of carboxylic acids is 1. The maximum Gasteiger partial charge on any atom is 0.328 e. The van der Waals surface area contributed by atoms with Gasteiger partial charge in [0.15, 0.2) is 5.89 Å². The fourth-order valence-corrected chi connectivity index (χ4v) is 0.865. The summed E-state index contributed by atoms with van der Waals surface area (Å²) >= 11 is 0. The highest BCUT2D eigenvalue weighted by Gasteiger charge is 2.30.